The number of carbonyl (C=O) groups excluding carboxylic acids is 1. The summed E-state index contributed by atoms with van der Waals surface area (Å²) < 4.78 is 0. The van der Waals surface area contributed by atoms with Gasteiger partial charge in [0.1, 0.15) is 0 Å². The molecular weight excluding hydrogens is 288 g/mol. The Morgan fingerprint density at radius 3 is 2.48 bits per heavy atom. The first-order chi connectivity index (χ1) is 9.91. The van der Waals surface area contributed by atoms with Crippen molar-refractivity contribution in [1.29, 1.82) is 0 Å². The third-order valence-corrected chi connectivity index (χ3v) is 5.15. The minimum Gasteiger partial charge on any atom is -0.479 e. The van der Waals surface area contributed by atoms with Crippen LogP contribution in [-0.4, -0.2) is 40.0 Å². The summed E-state index contributed by atoms with van der Waals surface area (Å²) >= 11 is 1.34. The first-order valence-corrected chi connectivity index (χ1v) is 8.13. The highest BCUT2D eigenvalue weighted by molar-refractivity contribution is 7.10. The van der Waals surface area contributed by atoms with Crippen LogP contribution in [0, 0.1) is 0 Å². The molecule has 0 aromatic carbocycles. The predicted molar refractivity (Wildman–Crippen MR) is 82.3 cm³/mol. The van der Waals surface area contributed by atoms with Crippen molar-refractivity contribution >= 4 is 23.2 Å². The van der Waals surface area contributed by atoms with Gasteiger partial charge in [0.2, 0.25) is 5.91 Å². The van der Waals surface area contributed by atoms with Crippen molar-refractivity contribution in [2.24, 2.45) is 0 Å². The van der Waals surface area contributed by atoms with E-state index in [9.17, 15) is 14.7 Å². The highest BCUT2D eigenvalue weighted by Gasteiger charge is 2.35. The lowest BCUT2D eigenvalue weighted by atomic mass is 10.1. The SMILES string of the molecule is CC1CCC(C)N1C(C)C(=O)NC(C(=O)O)c1cccs1. The topological polar surface area (TPSA) is 69.6 Å². The Balaban J connectivity index is 2.07. The summed E-state index contributed by atoms with van der Waals surface area (Å²) in [7, 11) is 0. The van der Waals surface area contributed by atoms with Gasteiger partial charge >= 0.3 is 5.97 Å². The lowest BCUT2D eigenvalue weighted by Crippen LogP contribution is -2.50. The van der Waals surface area contributed by atoms with E-state index < -0.39 is 12.0 Å². The summed E-state index contributed by atoms with van der Waals surface area (Å²) in [6.45, 7) is 6.07. The summed E-state index contributed by atoms with van der Waals surface area (Å²) in [5, 5.41) is 13.8. The second-order valence-electron chi connectivity index (χ2n) is 5.69. The number of thiophene rings is 1. The van der Waals surface area contributed by atoms with Crippen molar-refractivity contribution < 1.29 is 14.7 Å². The van der Waals surface area contributed by atoms with E-state index in [1.807, 2.05) is 12.3 Å². The number of carboxylic acid groups (broad SMARTS) is 1. The molecule has 116 valence electrons. The van der Waals surface area contributed by atoms with Crippen molar-refractivity contribution in [3.63, 3.8) is 0 Å². The molecule has 1 aliphatic heterocycles. The van der Waals surface area contributed by atoms with Gasteiger partial charge in [-0.15, -0.1) is 11.3 Å². The molecule has 0 radical (unpaired) electrons. The zero-order chi connectivity index (χ0) is 15.6. The van der Waals surface area contributed by atoms with Crippen LogP contribution in [0.15, 0.2) is 17.5 Å². The number of likely N-dealkylation sites (tertiary alicyclic amines) is 1. The smallest absolute Gasteiger partial charge is 0.331 e. The largest absolute Gasteiger partial charge is 0.479 e. The minimum atomic E-state index is -1.03. The van der Waals surface area contributed by atoms with Crippen LogP contribution in [0.25, 0.3) is 0 Å². The molecule has 1 fully saturated rings. The predicted octanol–water partition coefficient (Wildman–Crippen LogP) is 2.25. The van der Waals surface area contributed by atoms with E-state index in [2.05, 4.69) is 24.1 Å². The van der Waals surface area contributed by atoms with Gasteiger partial charge in [-0.05, 0) is 45.1 Å². The average Bonchev–Trinajstić information content (AvgIpc) is 3.05. The van der Waals surface area contributed by atoms with Crippen LogP contribution in [0.4, 0.5) is 0 Å². The van der Waals surface area contributed by atoms with Crippen molar-refractivity contribution in [1.82, 2.24) is 10.2 Å². The van der Waals surface area contributed by atoms with E-state index in [-0.39, 0.29) is 11.9 Å². The Morgan fingerprint density at radius 1 is 1.38 bits per heavy atom. The number of hydrogen-bond acceptors (Lipinski definition) is 4. The van der Waals surface area contributed by atoms with Gasteiger partial charge in [0.05, 0.1) is 6.04 Å². The second kappa shape index (κ2) is 6.58. The van der Waals surface area contributed by atoms with Crippen LogP contribution in [0.5, 0.6) is 0 Å². The molecule has 0 bridgehead atoms. The Morgan fingerprint density at radius 2 is 2.00 bits per heavy atom. The number of hydrogen-bond donors (Lipinski definition) is 2. The van der Waals surface area contributed by atoms with Crippen molar-refractivity contribution in [2.45, 2.75) is 57.8 Å². The van der Waals surface area contributed by atoms with Crippen LogP contribution < -0.4 is 5.32 Å². The fourth-order valence-electron chi connectivity index (χ4n) is 3.09. The molecule has 2 rings (SSSR count). The quantitative estimate of drug-likeness (QED) is 0.875. The van der Waals surface area contributed by atoms with E-state index in [1.54, 1.807) is 12.1 Å². The normalized spacial score (nSPS) is 25.5. The van der Waals surface area contributed by atoms with Crippen LogP contribution in [-0.2, 0) is 9.59 Å². The number of amides is 1. The third kappa shape index (κ3) is 3.44. The molecule has 1 aliphatic rings. The Kier molecular flexibility index (Phi) is 5.00. The fourth-order valence-corrected chi connectivity index (χ4v) is 3.85. The molecule has 21 heavy (non-hydrogen) atoms. The number of nitrogens with zero attached hydrogens (tertiary/aromatic N) is 1. The molecule has 2 N–H and O–H groups in total. The standard InChI is InChI=1S/C15H22N2O3S/c1-9-6-7-10(2)17(9)11(3)14(18)16-13(15(19)20)12-5-4-8-21-12/h4-5,8-11,13H,6-7H2,1-3H3,(H,16,18)(H,19,20). The monoisotopic (exact) mass is 310 g/mol. The van der Waals surface area contributed by atoms with Gasteiger partial charge in [-0.3, -0.25) is 9.69 Å². The zero-order valence-electron chi connectivity index (χ0n) is 12.6. The molecule has 6 heteroatoms. The summed E-state index contributed by atoms with van der Waals surface area (Å²) in [5.74, 6) is -1.25. The van der Waals surface area contributed by atoms with E-state index in [1.165, 1.54) is 11.3 Å². The maximum Gasteiger partial charge on any atom is 0.331 e. The molecular formula is C15H22N2O3S. The molecule has 5 nitrogen and oxygen atoms in total. The first kappa shape index (κ1) is 16.0. The molecule has 1 aromatic heterocycles. The summed E-state index contributed by atoms with van der Waals surface area (Å²) in [5.41, 5.74) is 0. The second-order valence-corrected chi connectivity index (χ2v) is 6.67. The number of nitrogens with one attached hydrogen (secondary N) is 1. The third-order valence-electron chi connectivity index (χ3n) is 4.21. The van der Waals surface area contributed by atoms with E-state index >= 15 is 0 Å². The molecule has 4 unspecified atom stereocenters. The van der Waals surface area contributed by atoms with Crippen LogP contribution >= 0.6 is 11.3 Å². The summed E-state index contributed by atoms with van der Waals surface area (Å²) in [4.78, 5) is 26.6. The molecule has 2 heterocycles. The number of carbonyl (C=O) groups is 2. The molecule has 1 saturated heterocycles. The van der Waals surface area contributed by atoms with Gasteiger partial charge < -0.3 is 10.4 Å². The van der Waals surface area contributed by atoms with Crippen LogP contribution in [0.1, 0.15) is 44.5 Å². The summed E-state index contributed by atoms with van der Waals surface area (Å²) in [6.07, 6.45) is 2.15. The van der Waals surface area contributed by atoms with Crippen molar-refractivity contribution in [3.05, 3.63) is 22.4 Å². The van der Waals surface area contributed by atoms with E-state index in [4.69, 9.17) is 0 Å². The number of rotatable bonds is 5. The van der Waals surface area contributed by atoms with Gasteiger partial charge in [0.15, 0.2) is 6.04 Å². The van der Waals surface area contributed by atoms with Gasteiger partial charge in [-0.25, -0.2) is 4.79 Å². The molecule has 0 aliphatic carbocycles. The molecule has 0 saturated carbocycles. The highest BCUT2D eigenvalue weighted by atomic mass is 32.1. The van der Waals surface area contributed by atoms with Crippen LogP contribution in [0.2, 0.25) is 0 Å². The average molecular weight is 310 g/mol. The van der Waals surface area contributed by atoms with E-state index in [0.29, 0.717) is 17.0 Å². The first-order valence-electron chi connectivity index (χ1n) is 7.25. The van der Waals surface area contributed by atoms with Crippen molar-refractivity contribution in [3.8, 4) is 0 Å². The summed E-state index contributed by atoms with van der Waals surface area (Å²) in [6, 6.07) is 2.94. The number of carboxylic acids is 1. The number of aliphatic carboxylic acids is 1. The highest BCUT2D eigenvalue weighted by Crippen LogP contribution is 2.26. The zero-order valence-corrected chi connectivity index (χ0v) is 13.4. The lowest BCUT2D eigenvalue weighted by molar-refractivity contribution is -0.142. The van der Waals surface area contributed by atoms with Gasteiger partial charge in [-0.1, -0.05) is 6.07 Å². The Labute approximate surface area is 129 Å². The minimum absolute atomic E-state index is 0.226. The maximum atomic E-state index is 12.4. The van der Waals surface area contributed by atoms with Gasteiger partial charge in [-0.2, -0.15) is 0 Å². The Hall–Kier alpha value is -1.40. The fraction of sp³-hybridized carbons (Fsp3) is 0.600. The molecule has 1 amide bonds. The van der Waals surface area contributed by atoms with E-state index in [0.717, 1.165) is 12.8 Å². The molecule has 1 aromatic rings. The van der Waals surface area contributed by atoms with Gasteiger partial charge in [0, 0.05) is 17.0 Å². The lowest BCUT2D eigenvalue weighted by Gasteiger charge is -2.32. The molecule has 4 atom stereocenters. The Bertz CT molecular complexity index is 493. The maximum absolute atomic E-state index is 12.4. The van der Waals surface area contributed by atoms with Crippen molar-refractivity contribution in [2.75, 3.05) is 0 Å². The molecule has 0 spiro atoms. The van der Waals surface area contributed by atoms with Crippen LogP contribution in [0.3, 0.4) is 0 Å². The van der Waals surface area contributed by atoms with Gasteiger partial charge in [0.25, 0.3) is 0 Å².